The number of nitrogens with two attached hydrogens (primary N) is 1. The average molecular weight is 187 g/mol. The second-order valence-corrected chi connectivity index (χ2v) is 4.49. The summed E-state index contributed by atoms with van der Waals surface area (Å²) in [7, 11) is 1.63. The molecule has 0 aromatic carbocycles. The lowest BCUT2D eigenvalue weighted by molar-refractivity contribution is 0.0788. The fourth-order valence-electron chi connectivity index (χ4n) is 0.773. The Morgan fingerprint density at radius 2 is 1.69 bits per heavy atom. The van der Waals surface area contributed by atoms with Crippen LogP contribution in [0.5, 0.6) is 0 Å². The number of nitrogens with zero attached hydrogens (tertiary/aromatic N) is 1. The van der Waals surface area contributed by atoms with Crippen molar-refractivity contribution in [3.8, 4) is 0 Å². The van der Waals surface area contributed by atoms with Crippen molar-refractivity contribution in [3.05, 3.63) is 0 Å². The first-order valence-corrected chi connectivity index (χ1v) is 4.35. The number of ether oxygens (including phenoxy) is 1. The average Bonchev–Trinajstić information content (AvgIpc) is 1.98. The first kappa shape index (κ1) is 12.4. The van der Waals surface area contributed by atoms with Crippen LogP contribution in [0.15, 0.2) is 4.99 Å². The normalized spacial score (nSPS) is 14.5. The monoisotopic (exact) mass is 187 g/mol. The van der Waals surface area contributed by atoms with Crippen molar-refractivity contribution in [3.63, 3.8) is 0 Å². The summed E-state index contributed by atoms with van der Waals surface area (Å²) in [5.74, 6) is 6.04. The number of hydrogen-bond acceptors (Lipinski definition) is 3. The molecule has 4 heteroatoms. The van der Waals surface area contributed by atoms with E-state index in [9.17, 15) is 0 Å². The minimum Gasteiger partial charge on any atom is -0.371 e. The predicted molar refractivity (Wildman–Crippen MR) is 55.6 cm³/mol. The molecule has 0 aromatic heterocycles. The number of methoxy groups -OCH3 is 1. The molecule has 78 valence electrons. The summed E-state index contributed by atoms with van der Waals surface area (Å²) >= 11 is 0. The minimum absolute atomic E-state index is 0.155. The predicted octanol–water partition coefficient (Wildman–Crippen LogP) is 1.07. The SMILES string of the molecule is COC(C)(C)C(=NC(C)(C)C)NN. The summed E-state index contributed by atoms with van der Waals surface area (Å²) in [6.07, 6.45) is 0. The molecule has 0 spiro atoms. The van der Waals surface area contributed by atoms with Crippen LogP contribution < -0.4 is 11.3 Å². The Balaban J connectivity index is 4.80. The topological polar surface area (TPSA) is 59.6 Å². The van der Waals surface area contributed by atoms with E-state index in [-0.39, 0.29) is 5.54 Å². The van der Waals surface area contributed by atoms with E-state index >= 15 is 0 Å². The van der Waals surface area contributed by atoms with E-state index in [1.165, 1.54) is 0 Å². The molecule has 0 saturated carbocycles. The molecule has 4 nitrogen and oxygen atoms in total. The van der Waals surface area contributed by atoms with Crippen molar-refractivity contribution >= 4 is 5.84 Å². The molecule has 0 fully saturated rings. The molecular weight excluding hydrogens is 166 g/mol. The van der Waals surface area contributed by atoms with E-state index in [1.807, 2.05) is 34.6 Å². The van der Waals surface area contributed by atoms with Gasteiger partial charge in [0.2, 0.25) is 0 Å². The van der Waals surface area contributed by atoms with Gasteiger partial charge in [0, 0.05) is 7.11 Å². The van der Waals surface area contributed by atoms with E-state index in [2.05, 4.69) is 10.4 Å². The molecule has 0 amide bonds. The van der Waals surface area contributed by atoms with Gasteiger partial charge in [-0.2, -0.15) is 0 Å². The summed E-state index contributed by atoms with van der Waals surface area (Å²) in [6, 6.07) is 0. The zero-order chi connectivity index (χ0) is 10.7. The molecule has 0 aliphatic carbocycles. The van der Waals surface area contributed by atoms with Gasteiger partial charge in [-0.25, -0.2) is 5.84 Å². The van der Waals surface area contributed by atoms with Crippen molar-refractivity contribution < 1.29 is 4.74 Å². The molecule has 0 saturated heterocycles. The van der Waals surface area contributed by atoms with Gasteiger partial charge < -0.3 is 10.2 Å². The van der Waals surface area contributed by atoms with Crippen LogP contribution in [0, 0.1) is 0 Å². The highest BCUT2D eigenvalue weighted by Gasteiger charge is 2.25. The summed E-state index contributed by atoms with van der Waals surface area (Å²) in [4.78, 5) is 4.43. The molecule has 0 unspecified atom stereocenters. The Kier molecular flexibility index (Phi) is 3.88. The molecule has 0 atom stereocenters. The van der Waals surface area contributed by atoms with Gasteiger partial charge >= 0.3 is 0 Å². The lowest BCUT2D eigenvalue weighted by Crippen LogP contribution is -2.48. The molecule has 3 N–H and O–H groups in total. The van der Waals surface area contributed by atoms with E-state index in [0.29, 0.717) is 5.84 Å². The standard InChI is InChI=1S/C9H21N3O/c1-8(2,3)11-7(12-10)9(4,5)13-6/h10H2,1-6H3,(H,11,12). The van der Waals surface area contributed by atoms with Crippen LogP contribution in [0.25, 0.3) is 0 Å². The third-order valence-electron chi connectivity index (χ3n) is 1.66. The lowest BCUT2D eigenvalue weighted by atomic mass is 10.1. The summed E-state index contributed by atoms with van der Waals surface area (Å²) in [5, 5.41) is 0. The smallest absolute Gasteiger partial charge is 0.143 e. The van der Waals surface area contributed by atoms with Gasteiger partial charge in [-0.1, -0.05) is 0 Å². The molecule has 0 heterocycles. The number of rotatable bonds is 2. The third-order valence-corrected chi connectivity index (χ3v) is 1.66. The van der Waals surface area contributed by atoms with Gasteiger partial charge in [-0.15, -0.1) is 0 Å². The lowest BCUT2D eigenvalue weighted by Gasteiger charge is -2.27. The van der Waals surface area contributed by atoms with Crippen LogP contribution in [-0.4, -0.2) is 24.1 Å². The third kappa shape index (κ3) is 4.24. The maximum atomic E-state index is 5.38. The number of amidine groups is 1. The largest absolute Gasteiger partial charge is 0.371 e. The Morgan fingerprint density at radius 1 is 1.23 bits per heavy atom. The zero-order valence-electron chi connectivity index (χ0n) is 9.43. The first-order valence-electron chi connectivity index (χ1n) is 4.35. The van der Waals surface area contributed by atoms with E-state index < -0.39 is 5.60 Å². The maximum absolute atomic E-state index is 5.38. The minimum atomic E-state index is -0.470. The first-order chi connectivity index (χ1) is 5.73. The van der Waals surface area contributed by atoms with Gasteiger partial charge in [0.05, 0.1) is 5.54 Å². The summed E-state index contributed by atoms with van der Waals surface area (Å²) in [6.45, 7) is 9.86. The molecular formula is C9H21N3O. The second kappa shape index (κ2) is 4.07. The van der Waals surface area contributed by atoms with Gasteiger partial charge in [-0.3, -0.25) is 4.99 Å². The van der Waals surface area contributed by atoms with Crippen LogP contribution in [0.2, 0.25) is 0 Å². The molecule has 0 radical (unpaired) electrons. The van der Waals surface area contributed by atoms with Crippen molar-refractivity contribution in [2.75, 3.05) is 7.11 Å². The quantitative estimate of drug-likeness (QED) is 0.294. The Morgan fingerprint density at radius 3 is 1.92 bits per heavy atom. The van der Waals surface area contributed by atoms with Gasteiger partial charge in [0.25, 0.3) is 0 Å². The highest BCUT2D eigenvalue weighted by atomic mass is 16.5. The molecule has 13 heavy (non-hydrogen) atoms. The fraction of sp³-hybridized carbons (Fsp3) is 0.889. The number of hydrogen-bond donors (Lipinski definition) is 2. The summed E-state index contributed by atoms with van der Waals surface area (Å²) in [5.41, 5.74) is 1.95. The Labute approximate surface area is 80.5 Å². The van der Waals surface area contributed by atoms with E-state index in [1.54, 1.807) is 7.11 Å². The molecule has 0 aliphatic rings. The Bertz CT molecular complexity index is 192. The van der Waals surface area contributed by atoms with Crippen molar-refractivity contribution in [1.82, 2.24) is 5.43 Å². The fourth-order valence-corrected chi connectivity index (χ4v) is 0.773. The van der Waals surface area contributed by atoms with Crippen molar-refractivity contribution in [1.29, 1.82) is 0 Å². The highest BCUT2D eigenvalue weighted by Crippen LogP contribution is 2.13. The second-order valence-electron chi connectivity index (χ2n) is 4.49. The molecule has 0 aromatic rings. The number of nitrogens with one attached hydrogen (secondary N) is 1. The molecule has 0 aliphatic heterocycles. The zero-order valence-corrected chi connectivity index (χ0v) is 9.43. The van der Waals surface area contributed by atoms with Gasteiger partial charge in [0.1, 0.15) is 11.4 Å². The van der Waals surface area contributed by atoms with Gasteiger partial charge in [-0.05, 0) is 34.6 Å². The van der Waals surface area contributed by atoms with Crippen molar-refractivity contribution in [2.45, 2.75) is 45.8 Å². The highest BCUT2D eigenvalue weighted by molar-refractivity contribution is 5.89. The molecule has 0 rings (SSSR count). The van der Waals surface area contributed by atoms with Crippen LogP contribution in [-0.2, 0) is 4.74 Å². The van der Waals surface area contributed by atoms with Crippen molar-refractivity contribution in [2.24, 2.45) is 10.8 Å². The van der Waals surface area contributed by atoms with Crippen LogP contribution in [0.3, 0.4) is 0 Å². The summed E-state index contributed by atoms with van der Waals surface area (Å²) < 4.78 is 5.26. The van der Waals surface area contributed by atoms with E-state index in [4.69, 9.17) is 10.6 Å². The van der Waals surface area contributed by atoms with Crippen LogP contribution in [0.4, 0.5) is 0 Å². The van der Waals surface area contributed by atoms with Crippen LogP contribution >= 0.6 is 0 Å². The molecule has 0 bridgehead atoms. The Hall–Kier alpha value is -0.610. The number of aliphatic imine (C=N–C) groups is 1. The van der Waals surface area contributed by atoms with Crippen LogP contribution in [0.1, 0.15) is 34.6 Å². The maximum Gasteiger partial charge on any atom is 0.143 e. The number of hydrazine groups is 1. The van der Waals surface area contributed by atoms with E-state index in [0.717, 1.165) is 0 Å². The van der Waals surface area contributed by atoms with Gasteiger partial charge in [0.15, 0.2) is 0 Å².